The molecule has 3 aromatic rings. The van der Waals surface area contributed by atoms with Gasteiger partial charge < -0.3 is 20.7 Å². The van der Waals surface area contributed by atoms with Gasteiger partial charge in [0, 0.05) is 54.0 Å². The predicted molar refractivity (Wildman–Crippen MR) is 147 cm³/mol. The van der Waals surface area contributed by atoms with Gasteiger partial charge in [-0.3, -0.25) is 9.59 Å². The molecular weight excluding hydrogens is 474 g/mol. The quantitative estimate of drug-likeness (QED) is 0.375. The molecule has 1 fully saturated rings. The second-order valence-corrected chi connectivity index (χ2v) is 9.11. The molecule has 5 rings (SSSR count). The number of nitrogens with zero attached hydrogens (tertiary/aromatic N) is 1. The Hall–Kier alpha value is -3.35. The number of fused-ring (bicyclic) bond motifs is 3. The molecule has 0 spiro atoms. The molecule has 0 radical (unpaired) electrons. The van der Waals surface area contributed by atoms with E-state index in [1.165, 1.54) is 0 Å². The summed E-state index contributed by atoms with van der Waals surface area (Å²) in [6.07, 6.45) is 2.44. The molecule has 1 saturated heterocycles. The molecule has 0 unspecified atom stereocenters. The van der Waals surface area contributed by atoms with Crippen molar-refractivity contribution in [3.63, 3.8) is 0 Å². The van der Waals surface area contributed by atoms with Crippen LogP contribution in [0.25, 0.3) is 22.3 Å². The Labute approximate surface area is 218 Å². The molecule has 3 N–H and O–H groups in total. The van der Waals surface area contributed by atoms with Crippen LogP contribution >= 0.6 is 12.4 Å². The lowest BCUT2D eigenvalue weighted by Crippen LogP contribution is -2.44. The van der Waals surface area contributed by atoms with Gasteiger partial charge >= 0.3 is 0 Å². The molecule has 0 bridgehead atoms. The SMILES string of the molecule is CCCCc1c2c(c(-c3ccccc3OC)c(N3CCNCC3)c1C(N)=O)-c1ccccc1C2=O.Cl. The number of carbonyl (C=O) groups excluding carboxylic acids is 2. The highest BCUT2D eigenvalue weighted by Gasteiger charge is 2.38. The molecule has 3 aromatic carbocycles. The fraction of sp³-hybridized carbons (Fsp3) is 0.310. The Balaban J connectivity index is 0.00000304. The third kappa shape index (κ3) is 4.14. The van der Waals surface area contributed by atoms with E-state index in [1.807, 2.05) is 48.5 Å². The molecule has 7 heteroatoms. The standard InChI is InChI=1S/C29H31N3O3.ClH/c1-3-4-9-21-25-23(18-10-5-6-11-19(18)28(25)33)24(20-12-7-8-13-22(20)35-2)27(26(21)29(30)34)32-16-14-31-15-17-32;/h5-8,10-13,31H,3-4,9,14-17H2,1-2H3,(H2,30,34);1H. The van der Waals surface area contributed by atoms with Gasteiger partial charge in [-0.25, -0.2) is 0 Å². The number of halogens is 1. The van der Waals surface area contributed by atoms with Crippen LogP contribution in [0.2, 0.25) is 0 Å². The lowest BCUT2D eigenvalue weighted by molar-refractivity contribution is 0.0999. The van der Waals surface area contributed by atoms with E-state index in [2.05, 4.69) is 17.1 Å². The van der Waals surface area contributed by atoms with Crippen molar-refractivity contribution in [2.75, 3.05) is 38.2 Å². The van der Waals surface area contributed by atoms with Crippen LogP contribution in [0.1, 0.15) is 51.6 Å². The summed E-state index contributed by atoms with van der Waals surface area (Å²) in [7, 11) is 1.65. The number of ketones is 1. The normalized spacial score (nSPS) is 14.2. The smallest absolute Gasteiger partial charge is 0.251 e. The first-order valence-electron chi connectivity index (χ1n) is 12.3. The zero-order valence-corrected chi connectivity index (χ0v) is 21.5. The van der Waals surface area contributed by atoms with Gasteiger partial charge in [0.2, 0.25) is 0 Å². The van der Waals surface area contributed by atoms with Crippen molar-refractivity contribution >= 4 is 29.8 Å². The minimum atomic E-state index is -0.493. The first-order chi connectivity index (χ1) is 17.1. The van der Waals surface area contributed by atoms with E-state index in [4.69, 9.17) is 10.5 Å². The summed E-state index contributed by atoms with van der Waals surface area (Å²) in [5.74, 6) is 0.166. The monoisotopic (exact) mass is 505 g/mol. The number of ether oxygens (including phenoxy) is 1. The third-order valence-electron chi connectivity index (χ3n) is 7.08. The molecule has 36 heavy (non-hydrogen) atoms. The van der Waals surface area contributed by atoms with Gasteiger partial charge in [-0.05, 0) is 30.0 Å². The van der Waals surface area contributed by atoms with E-state index in [-0.39, 0.29) is 18.2 Å². The zero-order chi connectivity index (χ0) is 24.5. The molecule has 188 valence electrons. The number of hydrogen-bond acceptors (Lipinski definition) is 5. The van der Waals surface area contributed by atoms with Gasteiger partial charge in [-0.1, -0.05) is 55.8 Å². The van der Waals surface area contributed by atoms with E-state index >= 15 is 0 Å². The summed E-state index contributed by atoms with van der Waals surface area (Å²) >= 11 is 0. The molecule has 0 aromatic heterocycles. The van der Waals surface area contributed by atoms with Crippen molar-refractivity contribution < 1.29 is 14.3 Å². The molecule has 1 heterocycles. The Morgan fingerprint density at radius 1 is 0.972 bits per heavy atom. The molecule has 0 saturated carbocycles. The van der Waals surface area contributed by atoms with Crippen LogP contribution < -0.4 is 20.7 Å². The van der Waals surface area contributed by atoms with Crippen molar-refractivity contribution in [1.82, 2.24) is 5.32 Å². The highest BCUT2D eigenvalue weighted by molar-refractivity contribution is 6.27. The number of methoxy groups -OCH3 is 1. The van der Waals surface area contributed by atoms with Crippen LogP contribution in [0.4, 0.5) is 5.69 Å². The van der Waals surface area contributed by atoms with Gasteiger partial charge in [-0.15, -0.1) is 12.4 Å². The van der Waals surface area contributed by atoms with E-state index < -0.39 is 5.91 Å². The van der Waals surface area contributed by atoms with Crippen molar-refractivity contribution in [3.05, 3.63) is 70.8 Å². The third-order valence-corrected chi connectivity index (χ3v) is 7.08. The van der Waals surface area contributed by atoms with Gasteiger partial charge in [0.15, 0.2) is 5.78 Å². The highest BCUT2D eigenvalue weighted by Crippen LogP contribution is 2.52. The van der Waals surface area contributed by atoms with Crippen LogP contribution in [-0.4, -0.2) is 45.0 Å². The summed E-state index contributed by atoms with van der Waals surface area (Å²) in [5, 5.41) is 3.40. The summed E-state index contributed by atoms with van der Waals surface area (Å²) in [6.45, 7) is 5.20. The molecule has 1 aliphatic carbocycles. The topological polar surface area (TPSA) is 84.7 Å². The van der Waals surface area contributed by atoms with E-state index in [0.29, 0.717) is 28.9 Å². The van der Waals surface area contributed by atoms with Crippen LogP contribution in [0.15, 0.2) is 48.5 Å². The maximum Gasteiger partial charge on any atom is 0.251 e. The fourth-order valence-corrected chi connectivity index (χ4v) is 5.53. The average Bonchev–Trinajstić information content (AvgIpc) is 3.19. The second-order valence-electron chi connectivity index (χ2n) is 9.11. The van der Waals surface area contributed by atoms with Crippen molar-refractivity contribution in [3.8, 4) is 28.0 Å². The number of carbonyl (C=O) groups is 2. The highest BCUT2D eigenvalue weighted by atomic mass is 35.5. The zero-order valence-electron chi connectivity index (χ0n) is 20.7. The summed E-state index contributed by atoms with van der Waals surface area (Å²) < 4.78 is 5.78. The minimum absolute atomic E-state index is 0. The Morgan fingerprint density at radius 3 is 2.25 bits per heavy atom. The van der Waals surface area contributed by atoms with Crippen molar-refractivity contribution in [1.29, 1.82) is 0 Å². The Kier molecular flexibility index (Phi) is 7.67. The number of unbranched alkanes of at least 4 members (excludes halogenated alkanes) is 1. The first kappa shape index (κ1) is 25.7. The maximum atomic E-state index is 13.9. The van der Waals surface area contributed by atoms with Crippen LogP contribution in [0.3, 0.4) is 0 Å². The molecule has 1 amide bonds. The second kappa shape index (κ2) is 10.7. The number of benzene rings is 3. The minimum Gasteiger partial charge on any atom is -0.496 e. The predicted octanol–water partition coefficient (Wildman–Crippen LogP) is 4.85. The molecular formula is C29H32ClN3O3. The van der Waals surface area contributed by atoms with Crippen LogP contribution in [0.5, 0.6) is 5.75 Å². The average molecular weight is 506 g/mol. The molecule has 2 aliphatic rings. The number of para-hydroxylation sites is 1. The number of piperazine rings is 1. The van der Waals surface area contributed by atoms with Gasteiger partial charge in [0.05, 0.1) is 18.4 Å². The number of hydrogen-bond donors (Lipinski definition) is 2. The molecule has 6 nitrogen and oxygen atoms in total. The summed E-state index contributed by atoms with van der Waals surface area (Å²) in [6, 6.07) is 15.5. The summed E-state index contributed by atoms with van der Waals surface area (Å²) in [4.78, 5) is 29.3. The molecule has 1 aliphatic heterocycles. The van der Waals surface area contributed by atoms with Crippen molar-refractivity contribution in [2.45, 2.75) is 26.2 Å². The van der Waals surface area contributed by atoms with Gasteiger partial charge in [0.25, 0.3) is 5.91 Å². The lowest BCUT2D eigenvalue weighted by Gasteiger charge is -2.35. The number of nitrogens with two attached hydrogens (primary N) is 1. The van der Waals surface area contributed by atoms with E-state index in [0.717, 1.165) is 72.5 Å². The Bertz CT molecular complexity index is 1320. The number of nitrogens with one attached hydrogen (secondary N) is 1. The van der Waals surface area contributed by atoms with Crippen molar-refractivity contribution in [2.24, 2.45) is 5.73 Å². The van der Waals surface area contributed by atoms with Gasteiger partial charge in [-0.2, -0.15) is 0 Å². The van der Waals surface area contributed by atoms with Crippen LogP contribution in [0, 0.1) is 0 Å². The largest absolute Gasteiger partial charge is 0.496 e. The summed E-state index contributed by atoms with van der Waals surface area (Å²) in [5.41, 5.74) is 13.0. The van der Waals surface area contributed by atoms with E-state index in [1.54, 1.807) is 7.11 Å². The fourth-order valence-electron chi connectivity index (χ4n) is 5.53. The number of primary amides is 1. The number of amides is 1. The first-order valence-corrected chi connectivity index (χ1v) is 12.3. The number of anilines is 1. The van der Waals surface area contributed by atoms with Crippen LogP contribution in [-0.2, 0) is 6.42 Å². The lowest BCUT2D eigenvalue weighted by atomic mass is 9.83. The molecule has 0 atom stereocenters. The maximum absolute atomic E-state index is 13.9. The Morgan fingerprint density at radius 2 is 1.61 bits per heavy atom. The number of rotatable bonds is 7. The van der Waals surface area contributed by atoms with Gasteiger partial charge in [0.1, 0.15) is 5.75 Å². The van der Waals surface area contributed by atoms with E-state index in [9.17, 15) is 9.59 Å².